The lowest BCUT2D eigenvalue weighted by molar-refractivity contribution is -0.134. The van der Waals surface area contributed by atoms with Crippen LogP contribution in [0, 0.1) is 0 Å². The number of nitrogens with zero attached hydrogens (tertiary/aromatic N) is 2. The van der Waals surface area contributed by atoms with E-state index in [-0.39, 0.29) is 0 Å². The van der Waals surface area contributed by atoms with Gasteiger partial charge in [0.25, 0.3) is 0 Å². The molecule has 0 fully saturated rings. The molecule has 0 saturated heterocycles. The zero-order valence-electron chi connectivity index (χ0n) is 12.9. The largest absolute Gasteiger partial charge is 0.478 e. The van der Waals surface area contributed by atoms with E-state index in [2.05, 4.69) is 15.0 Å². The summed E-state index contributed by atoms with van der Waals surface area (Å²) in [5, 5.41) is 32.1. The summed E-state index contributed by atoms with van der Waals surface area (Å²) in [5.74, 6) is -4.51. The SMILES string of the molecule is Nc1ncnc2[nH]ccc12.O=C(O)/C=C\C(=O)O.O=C(O)/C=C\C(=O)O. The van der Waals surface area contributed by atoms with E-state index in [0.29, 0.717) is 30.1 Å². The molecule has 0 atom stereocenters. The van der Waals surface area contributed by atoms with Gasteiger partial charge in [-0.15, -0.1) is 0 Å². The fraction of sp³-hybridized carbons (Fsp3) is 0. The number of nitrogen functional groups attached to an aromatic ring is 1. The van der Waals surface area contributed by atoms with Crippen LogP contribution in [0.5, 0.6) is 0 Å². The van der Waals surface area contributed by atoms with Gasteiger partial charge in [0.05, 0.1) is 5.39 Å². The van der Waals surface area contributed by atoms with Crippen molar-refractivity contribution >= 4 is 40.7 Å². The number of carboxylic acid groups (broad SMARTS) is 4. The Labute approximate surface area is 144 Å². The Kier molecular flexibility index (Phi) is 9.50. The first-order valence-corrected chi connectivity index (χ1v) is 6.45. The maximum absolute atomic E-state index is 9.55. The van der Waals surface area contributed by atoms with Crippen molar-refractivity contribution in [2.24, 2.45) is 0 Å². The number of aliphatic carboxylic acids is 4. The van der Waals surface area contributed by atoms with Crippen LogP contribution in [-0.2, 0) is 19.2 Å². The molecule has 7 N–H and O–H groups in total. The summed E-state index contributed by atoms with van der Waals surface area (Å²) >= 11 is 0. The first-order chi connectivity index (χ1) is 12.1. The molecule has 2 aromatic heterocycles. The van der Waals surface area contributed by atoms with E-state index in [9.17, 15) is 19.2 Å². The summed E-state index contributed by atoms with van der Waals surface area (Å²) in [6.07, 6.45) is 5.46. The van der Waals surface area contributed by atoms with Gasteiger partial charge < -0.3 is 31.1 Å². The number of aromatic nitrogens is 3. The number of carboxylic acids is 4. The van der Waals surface area contributed by atoms with Crippen molar-refractivity contribution in [1.29, 1.82) is 0 Å². The monoisotopic (exact) mass is 366 g/mol. The number of rotatable bonds is 4. The number of fused-ring (bicyclic) bond motifs is 1. The first kappa shape index (κ1) is 21.8. The van der Waals surface area contributed by atoms with Crippen molar-refractivity contribution in [3.8, 4) is 0 Å². The maximum atomic E-state index is 9.55. The highest BCUT2D eigenvalue weighted by Crippen LogP contribution is 2.12. The van der Waals surface area contributed by atoms with E-state index in [1.54, 1.807) is 6.20 Å². The summed E-state index contributed by atoms with van der Waals surface area (Å²) in [5.41, 5.74) is 6.31. The normalized spacial score (nSPS) is 9.85. The second kappa shape index (κ2) is 11.3. The molecule has 2 aromatic rings. The van der Waals surface area contributed by atoms with Crippen LogP contribution < -0.4 is 5.73 Å². The van der Waals surface area contributed by atoms with Crippen LogP contribution in [0.3, 0.4) is 0 Å². The maximum Gasteiger partial charge on any atom is 0.328 e. The minimum absolute atomic E-state index is 0.520. The topological polar surface area (TPSA) is 217 Å². The summed E-state index contributed by atoms with van der Waals surface area (Å²) in [6.45, 7) is 0. The highest BCUT2D eigenvalue weighted by molar-refractivity contribution is 5.90. The molecule has 0 aliphatic rings. The van der Waals surface area contributed by atoms with Gasteiger partial charge in [-0.3, -0.25) is 0 Å². The number of hydrogen-bond acceptors (Lipinski definition) is 7. The van der Waals surface area contributed by atoms with Gasteiger partial charge in [0.1, 0.15) is 17.8 Å². The van der Waals surface area contributed by atoms with Gasteiger partial charge >= 0.3 is 23.9 Å². The Bertz CT molecular complexity index is 774. The van der Waals surface area contributed by atoms with E-state index >= 15 is 0 Å². The molecule has 2 rings (SSSR count). The van der Waals surface area contributed by atoms with Crippen molar-refractivity contribution < 1.29 is 39.6 Å². The van der Waals surface area contributed by atoms with E-state index in [1.807, 2.05) is 6.07 Å². The van der Waals surface area contributed by atoms with Crippen LogP contribution >= 0.6 is 0 Å². The van der Waals surface area contributed by atoms with Gasteiger partial charge in [0.2, 0.25) is 0 Å². The molecule has 2 heterocycles. The molecule has 26 heavy (non-hydrogen) atoms. The number of nitrogens with two attached hydrogens (primary N) is 1. The van der Waals surface area contributed by atoms with Crippen molar-refractivity contribution in [3.05, 3.63) is 42.9 Å². The van der Waals surface area contributed by atoms with Gasteiger partial charge in [-0.2, -0.15) is 0 Å². The van der Waals surface area contributed by atoms with Crippen LogP contribution in [0.2, 0.25) is 0 Å². The Morgan fingerprint density at radius 1 is 0.846 bits per heavy atom. The summed E-state index contributed by atoms with van der Waals surface area (Å²) in [6, 6.07) is 1.85. The van der Waals surface area contributed by atoms with Gasteiger partial charge in [0, 0.05) is 30.5 Å². The molecule has 0 amide bonds. The number of anilines is 1. The van der Waals surface area contributed by atoms with E-state index in [0.717, 1.165) is 11.0 Å². The second-order valence-electron chi connectivity index (χ2n) is 4.02. The fourth-order valence-corrected chi connectivity index (χ4v) is 1.18. The lowest BCUT2D eigenvalue weighted by Crippen LogP contribution is -1.91. The Balaban J connectivity index is 0.000000366. The van der Waals surface area contributed by atoms with Crippen LogP contribution in [0.4, 0.5) is 5.82 Å². The van der Waals surface area contributed by atoms with Crippen LogP contribution in [-0.4, -0.2) is 59.3 Å². The predicted octanol–water partition coefficient (Wildman–Crippen LogP) is -0.0363. The second-order valence-corrected chi connectivity index (χ2v) is 4.02. The van der Waals surface area contributed by atoms with Gasteiger partial charge in [0.15, 0.2) is 0 Å². The number of nitrogens with one attached hydrogen (secondary N) is 1. The van der Waals surface area contributed by atoms with Crippen molar-refractivity contribution in [1.82, 2.24) is 15.0 Å². The minimum atomic E-state index is -1.26. The first-order valence-electron chi connectivity index (χ1n) is 6.45. The molecule has 0 aromatic carbocycles. The molecular weight excluding hydrogens is 352 g/mol. The zero-order valence-corrected chi connectivity index (χ0v) is 12.9. The third-order valence-electron chi connectivity index (χ3n) is 2.12. The molecule has 0 saturated carbocycles. The van der Waals surface area contributed by atoms with Gasteiger partial charge in [-0.25, -0.2) is 29.1 Å². The number of hydrogen-bond donors (Lipinski definition) is 6. The fourth-order valence-electron chi connectivity index (χ4n) is 1.18. The lowest BCUT2D eigenvalue weighted by Gasteiger charge is -1.90. The summed E-state index contributed by atoms with van der Waals surface area (Å²) in [7, 11) is 0. The summed E-state index contributed by atoms with van der Waals surface area (Å²) in [4.78, 5) is 48.9. The van der Waals surface area contributed by atoms with Crippen molar-refractivity contribution in [2.75, 3.05) is 5.73 Å². The lowest BCUT2D eigenvalue weighted by atomic mass is 10.4. The number of aromatic amines is 1. The third kappa shape index (κ3) is 10.5. The predicted molar refractivity (Wildman–Crippen MR) is 87.1 cm³/mol. The van der Waals surface area contributed by atoms with Crippen LogP contribution in [0.25, 0.3) is 11.0 Å². The standard InChI is InChI=1S/C6H6N4.2C4H4O4/c7-5-4-1-2-8-6(4)10-3-9-5;2*5-3(6)1-2-4(7)8/h1-3H,(H3,7,8,9,10);2*1-2H,(H,5,6)(H,7,8)/b;2*2-1-. The molecule has 0 spiro atoms. The molecular formula is C14H14N4O8. The molecule has 138 valence electrons. The Hall–Kier alpha value is -4.22. The van der Waals surface area contributed by atoms with Crippen molar-refractivity contribution in [2.45, 2.75) is 0 Å². The number of H-pyrrole nitrogens is 1. The molecule has 0 aliphatic carbocycles. The van der Waals surface area contributed by atoms with E-state index < -0.39 is 23.9 Å². The van der Waals surface area contributed by atoms with Crippen molar-refractivity contribution in [3.63, 3.8) is 0 Å². The smallest absolute Gasteiger partial charge is 0.328 e. The van der Waals surface area contributed by atoms with E-state index in [4.69, 9.17) is 26.2 Å². The number of carbonyl (C=O) groups is 4. The van der Waals surface area contributed by atoms with Gasteiger partial charge in [-0.1, -0.05) is 0 Å². The Morgan fingerprint density at radius 3 is 1.62 bits per heavy atom. The quantitative estimate of drug-likeness (QED) is 0.394. The van der Waals surface area contributed by atoms with Gasteiger partial charge in [-0.05, 0) is 6.07 Å². The molecule has 0 bridgehead atoms. The Morgan fingerprint density at radius 2 is 1.27 bits per heavy atom. The third-order valence-corrected chi connectivity index (χ3v) is 2.12. The molecule has 0 aliphatic heterocycles. The summed E-state index contributed by atoms with van der Waals surface area (Å²) < 4.78 is 0. The minimum Gasteiger partial charge on any atom is -0.478 e. The molecule has 12 heteroatoms. The molecule has 0 radical (unpaired) electrons. The van der Waals surface area contributed by atoms with Crippen LogP contribution in [0.1, 0.15) is 0 Å². The van der Waals surface area contributed by atoms with E-state index in [1.165, 1.54) is 6.33 Å². The molecule has 12 nitrogen and oxygen atoms in total. The average Bonchev–Trinajstić information content (AvgIpc) is 3.02. The zero-order chi connectivity index (χ0) is 20.1. The molecule has 0 unspecified atom stereocenters. The highest BCUT2D eigenvalue weighted by atomic mass is 16.4. The highest BCUT2D eigenvalue weighted by Gasteiger charge is 1.97. The average molecular weight is 366 g/mol. The van der Waals surface area contributed by atoms with Crippen LogP contribution in [0.15, 0.2) is 42.9 Å².